The summed E-state index contributed by atoms with van der Waals surface area (Å²) in [6, 6.07) is 16.1. The first kappa shape index (κ1) is 19.5. The molecule has 1 heterocycles. The summed E-state index contributed by atoms with van der Waals surface area (Å²) in [7, 11) is 0. The number of nitrogens with zero attached hydrogens (tertiary/aromatic N) is 1. The van der Waals surface area contributed by atoms with Crippen LogP contribution in [-0.4, -0.2) is 27.4 Å². The van der Waals surface area contributed by atoms with Crippen molar-refractivity contribution in [3.63, 3.8) is 0 Å². The molecule has 0 aliphatic heterocycles. The van der Waals surface area contributed by atoms with Gasteiger partial charge >= 0.3 is 12.3 Å². The van der Waals surface area contributed by atoms with E-state index in [1.165, 1.54) is 18.2 Å². The molecule has 3 aromatic carbocycles. The number of aromatic nitrogens is 2. The summed E-state index contributed by atoms with van der Waals surface area (Å²) in [6.45, 7) is 1.75. The summed E-state index contributed by atoms with van der Waals surface area (Å²) in [5, 5.41) is 9.52. The Bertz CT molecular complexity index is 1240. The van der Waals surface area contributed by atoms with E-state index in [0.717, 1.165) is 5.56 Å². The van der Waals surface area contributed by atoms with E-state index >= 15 is 0 Å². The first-order chi connectivity index (χ1) is 14.2. The molecule has 0 amide bonds. The number of benzene rings is 3. The van der Waals surface area contributed by atoms with E-state index in [-0.39, 0.29) is 11.3 Å². The Morgan fingerprint density at radius 3 is 2.27 bits per heavy atom. The van der Waals surface area contributed by atoms with Crippen molar-refractivity contribution in [2.45, 2.75) is 13.3 Å². The third-order valence-corrected chi connectivity index (χ3v) is 4.55. The maximum atomic E-state index is 12.4. The first-order valence-corrected chi connectivity index (χ1v) is 8.90. The average molecular weight is 412 g/mol. The van der Waals surface area contributed by atoms with Gasteiger partial charge in [-0.2, -0.15) is 0 Å². The molecule has 0 aliphatic carbocycles. The van der Waals surface area contributed by atoms with Gasteiger partial charge in [-0.05, 0) is 53.4 Å². The van der Waals surface area contributed by atoms with E-state index in [4.69, 9.17) is 0 Å². The monoisotopic (exact) mass is 412 g/mol. The summed E-state index contributed by atoms with van der Waals surface area (Å²) in [4.78, 5) is 18.9. The number of nitrogens with one attached hydrogen (secondary N) is 1. The highest BCUT2D eigenvalue weighted by Gasteiger charge is 2.31. The van der Waals surface area contributed by atoms with Crippen molar-refractivity contribution in [3.8, 4) is 28.0 Å². The van der Waals surface area contributed by atoms with Crippen LogP contribution in [0, 0.1) is 6.92 Å². The van der Waals surface area contributed by atoms with Crippen LogP contribution in [0.4, 0.5) is 13.2 Å². The zero-order valence-electron chi connectivity index (χ0n) is 15.6. The summed E-state index contributed by atoms with van der Waals surface area (Å²) >= 11 is 0. The van der Waals surface area contributed by atoms with Crippen molar-refractivity contribution in [1.29, 1.82) is 0 Å². The van der Waals surface area contributed by atoms with Crippen LogP contribution < -0.4 is 4.74 Å². The molecule has 4 rings (SSSR count). The normalized spacial score (nSPS) is 11.6. The van der Waals surface area contributed by atoms with Crippen LogP contribution in [0.1, 0.15) is 16.2 Å². The van der Waals surface area contributed by atoms with Crippen molar-refractivity contribution in [2.24, 2.45) is 0 Å². The fourth-order valence-corrected chi connectivity index (χ4v) is 3.30. The number of carbonyl (C=O) groups is 1. The van der Waals surface area contributed by atoms with Crippen LogP contribution >= 0.6 is 0 Å². The van der Waals surface area contributed by atoms with Crippen LogP contribution in [0.3, 0.4) is 0 Å². The number of alkyl halides is 3. The van der Waals surface area contributed by atoms with E-state index in [1.54, 1.807) is 43.3 Å². The molecule has 152 valence electrons. The minimum absolute atomic E-state index is 0.0907. The van der Waals surface area contributed by atoms with Crippen LogP contribution in [0.15, 0.2) is 60.7 Å². The second-order valence-electron chi connectivity index (χ2n) is 6.70. The van der Waals surface area contributed by atoms with Crippen molar-refractivity contribution >= 4 is 17.0 Å². The molecule has 0 saturated carbocycles. The molecule has 5 nitrogen and oxygen atoms in total. The van der Waals surface area contributed by atoms with Crippen molar-refractivity contribution in [3.05, 3.63) is 72.1 Å². The number of aromatic amines is 1. The van der Waals surface area contributed by atoms with Crippen molar-refractivity contribution in [2.75, 3.05) is 0 Å². The smallest absolute Gasteiger partial charge is 0.478 e. The maximum absolute atomic E-state index is 12.4. The van der Waals surface area contributed by atoms with Crippen molar-refractivity contribution < 1.29 is 27.8 Å². The van der Waals surface area contributed by atoms with Gasteiger partial charge in [0.1, 0.15) is 17.1 Å². The molecule has 0 aliphatic rings. The maximum Gasteiger partial charge on any atom is 0.573 e. The lowest BCUT2D eigenvalue weighted by Crippen LogP contribution is -2.17. The molecule has 30 heavy (non-hydrogen) atoms. The predicted molar refractivity (Wildman–Crippen MR) is 105 cm³/mol. The Balaban J connectivity index is 1.69. The molecule has 1 aromatic heterocycles. The molecule has 4 aromatic rings. The summed E-state index contributed by atoms with van der Waals surface area (Å²) in [5.41, 5.74) is 3.80. The van der Waals surface area contributed by atoms with Gasteiger partial charge in [-0.3, -0.25) is 0 Å². The largest absolute Gasteiger partial charge is 0.573 e. The number of H-pyrrole nitrogens is 1. The van der Waals surface area contributed by atoms with Gasteiger partial charge in [0, 0.05) is 0 Å². The first-order valence-electron chi connectivity index (χ1n) is 8.90. The highest BCUT2D eigenvalue weighted by Crippen LogP contribution is 2.31. The number of ether oxygens (including phenoxy) is 1. The SMILES string of the molecule is Cc1nc2c(C(=O)O)cc(-c3ccc(-c4cccc(OC(F)(F)F)c4)cc3)cc2[nH]1. The van der Waals surface area contributed by atoms with E-state index in [1.807, 2.05) is 6.07 Å². The standard InChI is InChI=1S/C22H15F3N2O3/c1-12-26-19-11-16(10-18(21(28)29)20(19)27-12)14-7-5-13(6-8-14)15-3-2-4-17(9-15)30-22(23,24)25/h2-11H,1H3,(H,26,27)(H,28,29). The zero-order valence-corrected chi connectivity index (χ0v) is 15.6. The van der Waals surface area contributed by atoms with Crippen LogP contribution in [0.5, 0.6) is 5.75 Å². The van der Waals surface area contributed by atoms with Gasteiger partial charge in [0.15, 0.2) is 0 Å². The lowest BCUT2D eigenvalue weighted by atomic mass is 9.98. The molecule has 2 N–H and O–H groups in total. The molecule has 0 unspecified atom stereocenters. The number of hydrogen-bond acceptors (Lipinski definition) is 3. The molecule has 0 bridgehead atoms. The molecule has 0 spiro atoms. The predicted octanol–water partition coefficient (Wildman–Crippen LogP) is 5.80. The van der Waals surface area contributed by atoms with E-state index < -0.39 is 12.3 Å². The summed E-state index contributed by atoms with van der Waals surface area (Å²) in [5.74, 6) is -0.761. The molecule has 0 radical (unpaired) electrons. The second kappa shape index (κ2) is 7.22. The van der Waals surface area contributed by atoms with E-state index in [9.17, 15) is 23.1 Å². The minimum atomic E-state index is -4.76. The Morgan fingerprint density at radius 2 is 1.63 bits per heavy atom. The Morgan fingerprint density at radius 1 is 0.967 bits per heavy atom. The van der Waals surface area contributed by atoms with Crippen molar-refractivity contribution in [1.82, 2.24) is 9.97 Å². The number of halogens is 3. The number of imidazole rings is 1. The molecular weight excluding hydrogens is 397 g/mol. The van der Waals surface area contributed by atoms with Gasteiger partial charge < -0.3 is 14.8 Å². The number of carboxylic acid groups (broad SMARTS) is 1. The third-order valence-electron chi connectivity index (χ3n) is 4.55. The summed E-state index contributed by atoms with van der Waals surface area (Å²) < 4.78 is 41.3. The minimum Gasteiger partial charge on any atom is -0.478 e. The van der Waals surface area contributed by atoms with Gasteiger partial charge in [0.25, 0.3) is 0 Å². The number of aryl methyl sites for hydroxylation is 1. The van der Waals surface area contributed by atoms with Crippen LogP contribution in [0.2, 0.25) is 0 Å². The molecule has 0 fully saturated rings. The van der Waals surface area contributed by atoms with Gasteiger partial charge in [0.2, 0.25) is 0 Å². The lowest BCUT2D eigenvalue weighted by molar-refractivity contribution is -0.274. The lowest BCUT2D eigenvalue weighted by Gasteiger charge is -2.11. The third kappa shape index (κ3) is 3.98. The number of carboxylic acids is 1. The second-order valence-corrected chi connectivity index (χ2v) is 6.70. The number of aromatic carboxylic acids is 1. The Labute approximate surface area is 168 Å². The van der Waals surface area contributed by atoms with Crippen LogP contribution in [0.25, 0.3) is 33.3 Å². The zero-order chi connectivity index (χ0) is 21.5. The quantitative estimate of drug-likeness (QED) is 0.444. The molecular formula is C22H15F3N2O3. The van der Waals surface area contributed by atoms with E-state index in [0.29, 0.717) is 33.5 Å². The van der Waals surface area contributed by atoms with Gasteiger partial charge in [-0.25, -0.2) is 9.78 Å². The average Bonchev–Trinajstić information content (AvgIpc) is 3.06. The highest BCUT2D eigenvalue weighted by molar-refractivity contribution is 6.03. The van der Waals surface area contributed by atoms with E-state index in [2.05, 4.69) is 14.7 Å². The molecule has 8 heteroatoms. The number of fused-ring (bicyclic) bond motifs is 1. The fraction of sp³-hybridized carbons (Fsp3) is 0.0909. The highest BCUT2D eigenvalue weighted by atomic mass is 19.4. The summed E-state index contributed by atoms with van der Waals surface area (Å²) in [6.07, 6.45) is -4.76. The van der Waals surface area contributed by atoms with Gasteiger partial charge in [-0.1, -0.05) is 36.4 Å². The number of rotatable bonds is 4. The number of hydrogen-bond donors (Lipinski definition) is 2. The Kier molecular flexibility index (Phi) is 4.69. The fourth-order valence-electron chi connectivity index (χ4n) is 3.30. The topological polar surface area (TPSA) is 75.2 Å². The van der Waals surface area contributed by atoms with Gasteiger partial charge in [0.05, 0.1) is 11.1 Å². The van der Waals surface area contributed by atoms with Crippen LogP contribution in [-0.2, 0) is 0 Å². The molecule has 0 saturated heterocycles. The van der Waals surface area contributed by atoms with Gasteiger partial charge in [-0.15, -0.1) is 13.2 Å². The Hall–Kier alpha value is -3.81. The molecule has 0 atom stereocenters.